The first kappa shape index (κ1) is 10.6. The number of aliphatic hydroxyl groups is 1. The van der Waals surface area contributed by atoms with Gasteiger partial charge in [0.15, 0.2) is 0 Å². The molecule has 0 aromatic carbocycles. The molecule has 2 rings (SSSR count). The van der Waals surface area contributed by atoms with Crippen LogP contribution in [0.3, 0.4) is 0 Å². The van der Waals surface area contributed by atoms with Gasteiger partial charge in [0.1, 0.15) is 5.65 Å². The summed E-state index contributed by atoms with van der Waals surface area (Å²) >= 11 is 0. The van der Waals surface area contributed by atoms with Crippen LogP contribution < -0.4 is 5.32 Å². The van der Waals surface area contributed by atoms with Crippen LogP contribution in [0, 0.1) is 0 Å². The van der Waals surface area contributed by atoms with E-state index < -0.39 is 6.10 Å². The predicted octanol–water partition coefficient (Wildman–Crippen LogP) is 0.445. The molecule has 2 aromatic rings. The lowest BCUT2D eigenvalue weighted by Gasteiger charge is -2.07. The van der Waals surface area contributed by atoms with Crippen LogP contribution in [0.1, 0.15) is 17.3 Å². The molecular weight excluding hydrogens is 206 g/mol. The van der Waals surface area contributed by atoms with Crippen molar-refractivity contribution in [2.45, 2.75) is 13.0 Å². The van der Waals surface area contributed by atoms with Crippen LogP contribution >= 0.6 is 0 Å². The molecule has 5 nitrogen and oxygen atoms in total. The smallest absolute Gasteiger partial charge is 0.252 e. The lowest BCUT2D eigenvalue weighted by molar-refractivity contribution is 0.0923. The van der Waals surface area contributed by atoms with Gasteiger partial charge in [0, 0.05) is 25.1 Å². The van der Waals surface area contributed by atoms with E-state index in [1.54, 1.807) is 42.0 Å². The van der Waals surface area contributed by atoms with Crippen molar-refractivity contribution in [1.29, 1.82) is 0 Å². The number of carbonyl (C=O) groups excluding carboxylic acids is 1. The maximum Gasteiger partial charge on any atom is 0.252 e. The van der Waals surface area contributed by atoms with Gasteiger partial charge in [-0.2, -0.15) is 0 Å². The maximum absolute atomic E-state index is 11.7. The van der Waals surface area contributed by atoms with Crippen molar-refractivity contribution in [2.75, 3.05) is 6.54 Å². The first-order valence-electron chi connectivity index (χ1n) is 5.06. The van der Waals surface area contributed by atoms with Crippen LogP contribution in [0.4, 0.5) is 0 Å². The summed E-state index contributed by atoms with van der Waals surface area (Å²) in [6.07, 6.45) is 4.62. The highest BCUT2D eigenvalue weighted by molar-refractivity contribution is 5.94. The fourth-order valence-corrected chi connectivity index (χ4v) is 1.40. The van der Waals surface area contributed by atoms with Gasteiger partial charge in [-0.3, -0.25) is 4.79 Å². The number of nitrogens with one attached hydrogen (secondary N) is 1. The third-order valence-corrected chi connectivity index (χ3v) is 2.21. The van der Waals surface area contributed by atoms with E-state index in [0.717, 1.165) is 5.65 Å². The summed E-state index contributed by atoms with van der Waals surface area (Å²) in [6, 6.07) is 3.48. The standard InChI is InChI=1S/C11H13N3O2/c1-8(15)6-13-11(16)9-2-3-10-12-4-5-14(10)7-9/h2-5,7-8,15H,6H2,1H3,(H,13,16). The van der Waals surface area contributed by atoms with Crippen molar-refractivity contribution < 1.29 is 9.90 Å². The molecule has 5 heteroatoms. The van der Waals surface area contributed by atoms with Crippen LogP contribution in [0.2, 0.25) is 0 Å². The summed E-state index contributed by atoms with van der Waals surface area (Å²) in [6.45, 7) is 1.88. The second kappa shape index (κ2) is 4.32. The van der Waals surface area contributed by atoms with Crippen molar-refractivity contribution in [3.05, 3.63) is 36.3 Å². The van der Waals surface area contributed by atoms with Crippen molar-refractivity contribution in [1.82, 2.24) is 14.7 Å². The van der Waals surface area contributed by atoms with E-state index in [1.807, 2.05) is 0 Å². The number of hydrogen-bond donors (Lipinski definition) is 2. The monoisotopic (exact) mass is 219 g/mol. The zero-order valence-electron chi connectivity index (χ0n) is 8.92. The molecule has 0 saturated heterocycles. The van der Waals surface area contributed by atoms with E-state index >= 15 is 0 Å². The highest BCUT2D eigenvalue weighted by Gasteiger charge is 2.07. The highest BCUT2D eigenvalue weighted by atomic mass is 16.3. The summed E-state index contributed by atoms with van der Waals surface area (Å²) in [5, 5.41) is 11.7. The summed E-state index contributed by atoms with van der Waals surface area (Å²) in [7, 11) is 0. The van der Waals surface area contributed by atoms with E-state index in [0.29, 0.717) is 5.56 Å². The number of aliphatic hydroxyl groups excluding tert-OH is 1. The molecule has 1 atom stereocenters. The molecule has 1 amide bonds. The predicted molar refractivity (Wildman–Crippen MR) is 59.2 cm³/mol. The van der Waals surface area contributed by atoms with Crippen LogP contribution in [0.5, 0.6) is 0 Å². The van der Waals surface area contributed by atoms with Gasteiger partial charge in [0.2, 0.25) is 0 Å². The van der Waals surface area contributed by atoms with Gasteiger partial charge in [-0.25, -0.2) is 4.98 Å². The summed E-state index contributed by atoms with van der Waals surface area (Å²) in [5.74, 6) is -0.198. The number of aromatic nitrogens is 2. The average Bonchev–Trinajstić information content (AvgIpc) is 2.72. The van der Waals surface area contributed by atoms with Crippen LogP contribution in [0.25, 0.3) is 5.65 Å². The summed E-state index contributed by atoms with van der Waals surface area (Å²) in [4.78, 5) is 15.7. The molecule has 1 unspecified atom stereocenters. The first-order chi connectivity index (χ1) is 7.66. The fraction of sp³-hybridized carbons (Fsp3) is 0.273. The fourth-order valence-electron chi connectivity index (χ4n) is 1.40. The van der Waals surface area contributed by atoms with E-state index in [4.69, 9.17) is 5.11 Å². The molecule has 16 heavy (non-hydrogen) atoms. The second-order valence-electron chi connectivity index (χ2n) is 3.67. The Hall–Kier alpha value is -1.88. The molecule has 0 aliphatic carbocycles. The first-order valence-corrected chi connectivity index (χ1v) is 5.06. The zero-order chi connectivity index (χ0) is 11.5. The van der Waals surface area contributed by atoms with E-state index in [-0.39, 0.29) is 12.5 Å². The third kappa shape index (κ3) is 2.20. The Morgan fingerprint density at radius 3 is 3.19 bits per heavy atom. The van der Waals surface area contributed by atoms with Gasteiger partial charge < -0.3 is 14.8 Å². The lowest BCUT2D eigenvalue weighted by atomic mass is 10.2. The van der Waals surface area contributed by atoms with Gasteiger partial charge in [0.05, 0.1) is 11.7 Å². The maximum atomic E-state index is 11.7. The highest BCUT2D eigenvalue weighted by Crippen LogP contribution is 2.04. The van der Waals surface area contributed by atoms with E-state index in [1.165, 1.54) is 0 Å². The Morgan fingerprint density at radius 1 is 1.62 bits per heavy atom. The Balaban J connectivity index is 2.16. The molecule has 0 aliphatic heterocycles. The number of amides is 1. The van der Waals surface area contributed by atoms with Crippen LogP contribution in [-0.2, 0) is 0 Å². The average molecular weight is 219 g/mol. The van der Waals surface area contributed by atoms with Gasteiger partial charge in [-0.05, 0) is 19.1 Å². The third-order valence-electron chi connectivity index (χ3n) is 2.21. The largest absolute Gasteiger partial charge is 0.392 e. The molecule has 0 aliphatic rings. The number of nitrogens with zero attached hydrogens (tertiary/aromatic N) is 2. The normalized spacial score (nSPS) is 12.6. The number of rotatable bonds is 3. The molecule has 2 aromatic heterocycles. The summed E-state index contributed by atoms with van der Waals surface area (Å²) in [5.41, 5.74) is 1.35. The zero-order valence-corrected chi connectivity index (χ0v) is 8.92. The van der Waals surface area contributed by atoms with Crippen molar-refractivity contribution in [2.24, 2.45) is 0 Å². The topological polar surface area (TPSA) is 66.6 Å². The van der Waals surface area contributed by atoms with E-state index in [9.17, 15) is 4.79 Å². The molecule has 84 valence electrons. The van der Waals surface area contributed by atoms with Gasteiger partial charge in [-0.1, -0.05) is 0 Å². The minimum atomic E-state index is -0.541. The van der Waals surface area contributed by atoms with Crippen LogP contribution in [0.15, 0.2) is 30.7 Å². The number of imidazole rings is 1. The van der Waals surface area contributed by atoms with Gasteiger partial charge in [-0.15, -0.1) is 0 Å². The van der Waals surface area contributed by atoms with E-state index in [2.05, 4.69) is 10.3 Å². The van der Waals surface area contributed by atoms with Gasteiger partial charge >= 0.3 is 0 Å². The Kier molecular flexibility index (Phi) is 2.87. The quantitative estimate of drug-likeness (QED) is 0.787. The van der Waals surface area contributed by atoms with Crippen LogP contribution in [-0.4, -0.2) is 33.0 Å². The molecular formula is C11H13N3O2. The minimum Gasteiger partial charge on any atom is -0.392 e. The second-order valence-corrected chi connectivity index (χ2v) is 3.67. The SMILES string of the molecule is CC(O)CNC(=O)c1ccc2nccn2c1. The molecule has 2 heterocycles. The minimum absolute atomic E-state index is 0.198. The van der Waals surface area contributed by atoms with Crippen molar-refractivity contribution in [3.8, 4) is 0 Å². The van der Waals surface area contributed by atoms with Crippen molar-refractivity contribution in [3.63, 3.8) is 0 Å². The molecule has 0 spiro atoms. The van der Waals surface area contributed by atoms with Crippen molar-refractivity contribution >= 4 is 11.6 Å². The number of fused-ring (bicyclic) bond motifs is 1. The molecule has 2 N–H and O–H groups in total. The molecule has 0 fully saturated rings. The molecule has 0 saturated carbocycles. The number of carbonyl (C=O) groups is 1. The summed E-state index contributed by atoms with van der Waals surface area (Å²) < 4.78 is 1.78. The number of hydrogen-bond acceptors (Lipinski definition) is 3. The number of pyridine rings is 1. The molecule has 0 radical (unpaired) electrons. The Labute approximate surface area is 92.7 Å². The van der Waals surface area contributed by atoms with Gasteiger partial charge in [0.25, 0.3) is 5.91 Å². The lowest BCUT2D eigenvalue weighted by Crippen LogP contribution is -2.30. The Bertz CT molecular complexity index is 505. The molecule has 0 bridgehead atoms. The Morgan fingerprint density at radius 2 is 2.44 bits per heavy atom.